The number of carbonyl (C=O) groups excluding carboxylic acids is 1. The van der Waals surface area contributed by atoms with Crippen LogP contribution in [0.2, 0.25) is 0 Å². The third kappa shape index (κ3) is 5.82. The van der Waals surface area contributed by atoms with E-state index in [0.29, 0.717) is 0 Å². The van der Waals surface area contributed by atoms with Crippen LogP contribution in [-0.2, 0) is 11.3 Å². The van der Waals surface area contributed by atoms with Gasteiger partial charge in [-0.3, -0.25) is 9.69 Å². The van der Waals surface area contributed by atoms with E-state index in [1.165, 1.54) is 31.5 Å². The molecule has 0 atom stereocenters. The second kappa shape index (κ2) is 9.35. The second-order valence-electron chi connectivity index (χ2n) is 7.85. The SMILES string of the molecule is CC1CCN(CCNC(=O)C2CCN(Cc3ccccc3)CC2)CC1. The molecule has 1 N–H and O–H groups in total. The van der Waals surface area contributed by atoms with Crippen molar-refractivity contribution in [2.75, 3.05) is 39.3 Å². The molecule has 2 aliphatic heterocycles. The monoisotopic (exact) mass is 343 g/mol. The van der Waals surface area contributed by atoms with Crippen LogP contribution < -0.4 is 5.32 Å². The Balaban J connectivity index is 1.31. The van der Waals surface area contributed by atoms with E-state index in [9.17, 15) is 4.79 Å². The van der Waals surface area contributed by atoms with Crippen molar-refractivity contribution in [2.24, 2.45) is 11.8 Å². The molecule has 4 nitrogen and oxygen atoms in total. The third-order valence-electron chi connectivity index (χ3n) is 5.81. The number of nitrogens with one attached hydrogen (secondary N) is 1. The number of benzene rings is 1. The van der Waals surface area contributed by atoms with Gasteiger partial charge in [-0.1, -0.05) is 37.3 Å². The fourth-order valence-corrected chi connectivity index (χ4v) is 3.96. The van der Waals surface area contributed by atoms with Crippen LogP contribution in [0.5, 0.6) is 0 Å². The van der Waals surface area contributed by atoms with Crippen molar-refractivity contribution in [1.82, 2.24) is 15.1 Å². The maximum Gasteiger partial charge on any atom is 0.223 e. The van der Waals surface area contributed by atoms with E-state index in [-0.39, 0.29) is 11.8 Å². The highest BCUT2D eigenvalue weighted by atomic mass is 16.1. The summed E-state index contributed by atoms with van der Waals surface area (Å²) in [4.78, 5) is 17.4. The van der Waals surface area contributed by atoms with E-state index in [4.69, 9.17) is 0 Å². The topological polar surface area (TPSA) is 35.6 Å². The minimum Gasteiger partial charge on any atom is -0.355 e. The van der Waals surface area contributed by atoms with E-state index in [1.54, 1.807) is 0 Å². The molecule has 138 valence electrons. The van der Waals surface area contributed by atoms with Crippen LogP contribution in [0.3, 0.4) is 0 Å². The Morgan fingerprint density at radius 2 is 1.64 bits per heavy atom. The van der Waals surface area contributed by atoms with Crippen LogP contribution in [0.15, 0.2) is 30.3 Å². The zero-order valence-corrected chi connectivity index (χ0v) is 15.6. The summed E-state index contributed by atoms with van der Waals surface area (Å²) in [5.74, 6) is 1.34. The van der Waals surface area contributed by atoms with Gasteiger partial charge in [0.05, 0.1) is 0 Å². The number of carbonyl (C=O) groups is 1. The lowest BCUT2D eigenvalue weighted by Crippen LogP contribution is -2.43. The summed E-state index contributed by atoms with van der Waals surface area (Å²) >= 11 is 0. The molecule has 0 unspecified atom stereocenters. The standard InChI is InChI=1S/C21H33N3O/c1-18-7-12-23(13-8-18)16-11-22-21(25)20-9-14-24(15-10-20)17-19-5-3-2-4-6-19/h2-6,18,20H,7-17H2,1H3,(H,22,25). The molecule has 2 saturated heterocycles. The Labute approximate surface area is 152 Å². The molecule has 3 rings (SSSR count). The van der Waals surface area contributed by atoms with Gasteiger partial charge in [-0.15, -0.1) is 0 Å². The largest absolute Gasteiger partial charge is 0.355 e. The molecule has 1 amide bonds. The van der Waals surface area contributed by atoms with Crippen LogP contribution in [0.25, 0.3) is 0 Å². The lowest BCUT2D eigenvalue weighted by atomic mass is 9.95. The zero-order valence-electron chi connectivity index (χ0n) is 15.6. The Bertz CT molecular complexity index is 517. The Kier molecular flexibility index (Phi) is 6.88. The summed E-state index contributed by atoms with van der Waals surface area (Å²) < 4.78 is 0. The van der Waals surface area contributed by atoms with Crippen molar-refractivity contribution in [3.8, 4) is 0 Å². The fourth-order valence-electron chi connectivity index (χ4n) is 3.96. The average molecular weight is 344 g/mol. The minimum absolute atomic E-state index is 0.202. The molecule has 2 heterocycles. The molecule has 2 fully saturated rings. The van der Waals surface area contributed by atoms with Crippen molar-refractivity contribution in [3.05, 3.63) is 35.9 Å². The zero-order chi connectivity index (χ0) is 17.5. The lowest BCUT2D eigenvalue weighted by Gasteiger charge is -2.32. The predicted octanol–water partition coefficient (Wildman–Crippen LogP) is 2.75. The molecule has 25 heavy (non-hydrogen) atoms. The molecular weight excluding hydrogens is 310 g/mol. The van der Waals surface area contributed by atoms with E-state index >= 15 is 0 Å². The normalized spacial score (nSPS) is 21.3. The van der Waals surface area contributed by atoms with Crippen molar-refractivity contribution in [3.63, 3.8) is 0 Å². The first-order valence-electron chi connectivity index (χ1n) is 9.97. The van der Waals surface area contributed by atoms with Crippen LogP contribution in [-0.4, -0.2) is 55.0 Å². The highest BCUT2D eigenvalue weighted by Gasteiger charge is 2.25. The highest BCUT2D eigenvalue weighted by Crippen LogP contribution is 2.19. The first-order chi connectivity index (χ1) is 12.2. The Morgan fingerprint density at radius 1 is 1.00 bits per heavy atom. The lowest BCUT2D eigenvalue weighted by molar-refractivity contribution is -0.126. The number of amides is 1. The minimum atomic E-state index is 0.202. The Hall–Kier alpha value is -1.39. The molecule has 1 aromatic rings. The maximum atomic E-state index is 12.4. The van der Waals surface area contributed by atoms with Crippen molar-refractivity contribution in [2.45, 2.75) is 39.2 Å². The molecule has 0 aliphatic carbocycles. The second-order valence-corrected chi connectivity index (χ2v) is 7.85. The quantitative estimate of drug-likeness (QED) is 0.863. The van der Waals surface area contributed by atoms with Gasteiger partial charge < -0.3 is 10.2 Å². The van der Waals surface area contributed by atoms with Crippen LogP contribution in [0.4, 0.5) is 0 Å². The number of likely N-dealkylation sites (tertiary alicyclic amines) is 2. The van der Waals surface area contributed by atoms with Gasteiger partial charge in [0.25, 0.3) is 0 Å². The summed E-state index contributed by atoms with van der Waals surface area (Å²) in [6, 6.07) is 10.6. The average Bonchev–Trinajstić information content (AvgIpc) is 2.65. The first kappa shape index (κ1) is 18.4. The van der Waals surface area contributed by atoms with Crippen LogP contribution in [0.1, 0.15) is 38.2 Å². The van der Waals surface area contributed by atoms with Gasteiger partial charge in [0.2, 0.25) is 5.91 Å². The van der Waals surface area contributed by atoms with E-state index in [0.717, 1.165) is 51.5 Å². The molecule has 4 heteroatoms. The predicted molar refractivity (Wildman–Crippen MR) is 102 cm³/mol. The van der Waals surface area contributed by atoms with Gasteiger partial charge in [-0.25, -0.2) is 0 Å². The third-order valence-corrected chi connectivity index (χ3v) is 5.81. The highest BCUT2D eigenvalue weighted by molar-refractivity contribution is 5.78. The fraction of sp³-hybridized carbons (Fsp3) is 0.667. The molecule has 2 aliphatic rings. The summed E-state index contributed by atoms with van der Waals surface area (Å²) in [6.45, 7) is 9.58. The number of piperidine rings is 2. The molecule has 1 aromatic carbocycles. The van der Waals surface area contributed by atoms with Gasteiger partial charge in [0.15, 0.2) is 0 Å². The van der Waals surface area contributed by atoms with Crippen molar-refractivity contribution < 1.29 is 4.79 Å². The summed E-state index contributed by atoms with van der Waals surface area (Å²) in [6.07, 6.45) is 4.57. The maximum absolute atomic E-state index is 12.4. The van der Waals surface area contributed by atoms with E-state index in [2.05, 4.69) is 52.4 Å². The molecular formula is C21H33N3O. The van der Waals surface area contributed by atoms with Crippen LogP contribution in [0, 0.1) is 11.8 Å². The summed E-state index contributed by atoms with van der Waals surface area (Å²) in [5, 5.41) is 3.18. The van der Waals surface area contributed by atoms with E-state index in [1.807, 2.05) is 0 Å². The van der Waals surface area contributed by atoms with Gasteiger partial charge in [0, 0.05) is 25.6 Å². The van der Waals surface area contributed by atoms with Crippen molar-refractivity contribution >= 4 is 5.91 Å². The number of hydrogen-bond acceptors (Lipinski definition) is 3. The first-order valence-corrected chi connectivity index (χ1v) is 9.97. The molecule has 0 saturated carbocycles. The number of rotatable bonds is 6. The van der Waals surface area contributed by atoms with Gasteiger partial charge in [0.1, 0.15) is 0 Å². The summed E-state index contributed by atoms with van der Waals surface area (Å²) in [5.41, 5.74) is 1.36. The Morgan fingerprint density at radius 3 is 2.32 bits per heavy atom. The van der Waals surface area contributed by atoms with Gasteiger partial charge >= 0.3 is 0 Å². The molecule has 0 aromatic heterocycles. The molecule has 0 radical (unpaired) electrons. The number of hydrogen-bond donors (Lipinski definition) is 1. The van der Waals surface area contributed by atoms with Gasteiger partial charge in [-0.2, -0.15) is 0 Å². The molecule has 0 bridgehead atoms. The molecule has 0 spiro atoms. The van der Waals surface area contributed by atoms with Gasteiger partial charge in [-0.05, 0) is 63.3 Å². The smallest absolute Gasteiger partial charge is 0.223 e. The van der Waals surface area contributed by atoms with E-state index < -0.39 is 0 Å². The van der Waals surface area contributed by atoms with Crippen LogP contribution >= 0.6 is 0 Å². The van der Waals surface area contributed by atoms with Crippen molar-refractivity contribution in [1.29, 1.82) is 0 Å². The number of nitrogens with zero attached hydrogens (tertiary/aromatic N) is 2. The summed E-state index contributed by atoms with van der Waals surface area (Å²) in [7, 11) is 0.